The van der Waals surface area contributed by atoms with Crippen LogP contribution in [-0.2, 0) is 0 Å². The predicted molar refractivity (Wildman–Crippen MR) is 93.6 cm³/mol. The summed E-state index contributed by atoms with van der Waals surface area (Å²) in [6.07, 6.45) is 0. The zero-order chi connectivity index (χ0) is 15.4. The monoisotopic (exact) mass is 366 g/mol. The highest BCUT2D eigenvalue weighted by Gasteiger charge is 2.22. The predicted octanol–water partition coefficient (Wildman–Crippen LogP) is 4.80. The third-order valence-corrected chi connectivity index (χ3v) is 4.75. The Morgan fingerprint density at radius 3 is 2.52 bits per heavy atom. The van der Waals surface area contributed by atoms with Gasteiger partial charge in [-0.25, -0.2) is 0 Å². The summed E-state index contributed by atoms with van der Waals surface area (Å²) < 4.78 is 1.07. The Hall–Kier alpha value is -0.870. The van der Waals surface area contributed by atoms with Crippen molar-refractivity contribution in [2.24, 2.45) is 5.73 Å². The Kier molecular flexibility index (Phi) is 5.82. The molecule has 0 aromatic heterocycles. The van der Waals surface area contributed by atoms with Crippen LogP contribution >= 0.6 is 27.5 Å². The smallest absolute Gasteiger partial charge is 0.0473 e. The van der Waals surface area contributed by atoms with Crippen LogP contribution in [-0.4, -0.2) is 18.5 Å². The molecule has 0 aliphatic rings. The first-order valence-corrected chi connectivity index (χ1v) is 8.13. The van der Waals surface area contributed by atoms with Gasteiger partial charge in [0.15, 0.2) is 0 Å². The first-order chi connectivity index (χ1) is 10.0. The third kappa shape index (κ3) is 3.86. The first kappa shape index (κ1) is 16.5. The summed E-state index contributed by atoms with van der Waals surface area (Å²) in [5, 5.41) is 0.793. The lowest BCUT2D eigenvalue weighted by Crippen LogP contribution is -2.32. The van der Waals surface area contributed by atoms with Crippen LogP contribution in [0.5, 0.6) is 0 Å². The van der Waals surface area contributed by atoms with Gasteiger partial charge >= 0.3 is 0 Å². The lowest BCUT2D eigenvalue weighted by molar-refractivity contribution is 0.190. The van der Waals surface area contributed by atoms with Crippen LogP contribution in [0.15, 0.2) is 53.0 Å². The Morgan fingerprint density at radius 2 is 1.90 bits per heavy atom. The number of hydrogen-bond acceptors (Lipinski definition) is 2. The van der Waals surface area contributed by atoms with Gasteiger partial charge in [-0.1, -0.05) is 57.9 Å². The van der Waals surface area contributed by atoms with Crippen molar-refractivity contribution in [3.63, 3.8) is 0 Å². The van der Waals surface area contributed by atoms with Gasteiger partial charge < -0.3 is 5.73 Å². The molecule has 0 spiro atoms. The normalized spacial score (nSPS) is 14.2. The molecule has 2 aromatic rings. The molecule has 2 nitrogen and oxygen atoms in total. The molecular weight excluding hydrogens is 348 g/mol. The minimum absolute atomic E-state index is 0.147. The van der Waals surface area contributed by atoms with Crippen LogP contribution in [0.25, 0.3) is 0 Å². The SMILES string of the molecule is CC(c1ccccc1Cl)N(C)C(CN)c1cccc(Br)c1. The minimum Gasteiger partial charge on any atom is -0.329 e. The van der Waals surface area contributed by atoms with E-state index in [1.165, 1.54) is 5.56 Å². The highest BCUT2D eigenvalue weighted by atomic mass is 79.9. The van der Waals surface area contributed by atoms with E-state index in [1.54, 1.807) is 0 Å². The van der Waals surface area contributed by atoms with Crippen LogP contribution in [0, 0.1) is 0 Å². The zero-order valence-electron chi connectivity index (χ0n) is 12.3. The van der Waals surface area contributed by atoms with Crippen molar-refractivity contribution in [1.29, 1.82) is 0 Å². The van der Waals surface area contributed by atoms with E-state index in [9.17, 15) is 0 Å². The maximum absolute atomic E-state index is 6.32. The van der Waals surface area contributed by atoms with E-state index in [-0.39, 0.29) is 12.1 Å². The average Bonchev–Trinajstić information content (AvgIpc) is 2.48. The molecule has 0 heterocycles. The minimum atomic E-state index is 0.147. The fraction of sp³-hybridized carbons (Fsp3) is 0.294. The van der Waals surface area contributed by atoms with Crippen molar-refractivity contribution in [3.8, 4) is 0 Å². The lowest BCUT2D eigenvalue weighted by atomic mass is 10.0. The fourth-order valence-electron chi connectivity index (χ4n) is 2.55. The quantitative estimate of drug-likeness (QED) is 0.823. The van der Waals surface area contributed by atoms with Crippen LogP contribution in [0.1, 0.15) is 30.1 Å². The van der Waals surface area contributed by atoms with Gasteiger partial charge in [0.2, 0.25) is 0 Å². The van der Waals surface area contributed by atoms with Crippen molar-refractivity contribution in [2.75, 3.05) is 13.6 Å². The van der Waals surface area contributed by atoms with Gasteiger partial charge in [-0.15, -0.1) is 0 Å². The number of hydrogen-bond donors (Lipinski definition) is 1. The summed E-state index contributed by atoms with van der Waals surface area (Å²) in [7, 11) is 2.09. The summed E-state index contributed by atoms with van der Waals surface area (Å²) in [4.78, 5) is 2.27. The maximum Gasteiger partial charge on any atom is 0.0473 e. The summed E-state index contributed by atoms with van der Waals surface area (Å²) >= 11 is 9.84. The second-order valence-electron chi connectivity index (χ2n) is 5.17. The molecule has 2 N–H and O–H groups in total. The molecule has 0 amide bonds. The Balaban J connectivity index is 2.28. The van der Waals surface area contributed by atoms with Crippen molar-refractivity contribution in [3.05, 3.63) is 69.2 Å². The van der Waals surface area contributed by atoms with Crippen LogP contribution in [0.4, 0.5) is 0 Å². The molecular formula is C17H20BrClN2. The topological polar surface area (TPSA) is 29.3 Å². The Morgan fingerprint density at radius 1 is 1.19 bits per heavy atom. The summed E-state index contributed by atoms with van der Waals surface area (Å²) in [5.41, 5.74) is 8.34. The number of halogens is 2. The molecule has 0 saturated heterocycles. The second kappa shape index (κ2) is 7.41. The van der Waals surface area contributed by atoms with Crippen molar-refractivity contribution in [1.82, 2.24) is 4.90 Å². The largest absolute Gasteiger partial charge is 0.329 e. The van der Waals surface area contributed by atoms with Crippen molar-refractivity contribution in [2.45, 2.75) is 19.0 Å². The van der Waals surface area contributed by atoms with Gasteiger partial charge in [0.25, 0.3) is 0 Å². The van der Waals surface area contributed by atoms with Crippen LogP contribution in [0.2, 0.25) is 5.02 Å². The molecule has 0 bridgehead atoms. The molecule has 2 rings (SSSR count). The average molecular weight is 368 g/mol. The van der Waals surface area contributed by atoms with Gasteiger partial charge in [0, 0.05) is 28.1 Å². The van der Waals surface area contributed by atoms with E-state index < -0.39 is 0 Å². The van der Waals surface area contributed by atoms with E-state index in [4.69, 9.17) is 17.3 Å². The Bertz CT molecular complexity index is 603. The van der Waals surface area contributed by atoms with E-state index in [0.717, 1.165) is 15.1 Å². The summed E-state index contributed by atoms with van der Waals surface area (Å²) in [5.74, 6) is 0. The van der Waals surface area contributed by atoms with Crippen molar-refractivity contribution >= 4 is 27.5 Å². The summed E-state index contributed by atoms with van der Waals surface area (Å²) in [6, 6.07) is 16.6. The Labute approximate surface area is 140 Å². The lowest BCUT2D eigenvalue weighted by Gasteiger charge is -2.33. The molecule has 2 atom stereocenters. The maximum atomic E-state index is 6.32. The van der Waals surface area contributed by atoms with E-state index in [0.29, 0.717) is 6.54 Å². The zero-order valence-corrected chi connectivity index (χ0v) is 14.6. The highest BCUT2D eigenvalue weighted by molar-refractivity contribution is 9.10. The standard InChI is InChI=1S/C17H20BrClN2/c1-12(15-8-3-4-9-16(15)19)21(2)17(11-20)13-6-5-7-14(18)10-13/h3-10,12,17H,11,20H2,1-2H3. The molecule has 112 valence electrons. The highest BCUT2D eigenvalue weighted by Crippen LogP contribution is 2.32. The number of nitrogens with zero attached hydrogens (tertiary/aromatic N) is 1. The van der Waals surface area contributed by atoms with Gasteiger partial charge in [0.05, 0.1) is 0 Å². The van der Waals surface area contributed by atoms with Gasteiger partial charge in [-0.2, -0.15) is 0 Å². The number of benzene rings is 2. The molecule has 2 aromatic carbocycles. The van der Waals surface area contributed by atoms with Gasteiger partial charge in [-0.05, 0) is 43.3 Å². The molecule has 21 heavy (non-hydrogen) atoms. The van der Waals surface area contributed by atoms with Crippen LogP contribution < -0.4 is 5.73 Å². The van der Waals surface area contributed by atoms with E-state index in [2.05, 4.69) is 53.0 Å². The molecule has 2 unspecified atom stereocenters. The molecule has 0 aliphatic heterocycles. The number of nitrogens with two attached hydrogens (primary N) is 1. The molecule has 0 radical (unpaired) electrons. The number of rotatable bonds is 5. The van der Waals surface area contributed by atoms with Gasteiger partial charge in [-0.3, -0.25) is 4.90 Å². The van der Waals surface area contributed by atoms with E-state index in [1.807, 2.05) is 30.3 Å². The number of likely N-dealkylation sites (N-methyl/N-ethyl adjacent to an activating group) is 1. The summed E-state index contributed by atoms with van der Waals surface area (Å²) in [6.45, 7) is 2.71. The third-order valence-electron chi connectivity index (χ3n) is 3.91. The molecule has 4 heteroatoms. The fourth-order valence-corrected chi connectivity index (χ4v) is 3.27. The molecule has 0 fully saturated rings. The van der Waals surface area contributed by atoms with Gasteiger partial charge in [0.1, 0.15) is 0 Å². The van der Waals surface area contributed by atoms with Crippen LogP contribution in [0.3, 0.4) is 0 Å². The first-order valence-electron chi connectivity index (χ1n) is 6.96. The molecule has 0 saturated carbocycles. The second-order valence-corrected chi connectivity index (χ2v) is 6.49. The van der Waals surface area contributed by atoms with Crippen molar-refractivity contribution < 1.29 is 0 Å². The van der Waals surface area contributed by atoms with E-state index >= 15 is 0 Å². The molecule has 0 aliphatic carbocycles.